The normalized spacial score (nSPS) is 24.4. The summed E-state index contributed by atoms with van der Waals surface area (Å²) in [6, 6.07) is 6.00. The molecule has 3 rings (SSSR count). The van der Waals surface area contributed by atoms with Gasteiger partial charge in [0.1, 0.15) is 11.9 Å². The SMILES string of the molecule is NCCc1ccc(OC2CCOC3(CCCC3)C2)c(Cl)c1. The lowest BCUT2D eigenvalue weighted by Gasteiger charge is -2.38. The molecule has 1 aliphatic heterocycles. The van der Waals surface area contributed by atoms with Crippen LogP contribution in [0.4, 0.5) is 0 Å². The summed E-state index contributed by atoms with van der Waals surface area (Å²) in [6.45, 7) is 1.44. The lowest BCUT2D eigenvalue weighted by molar-refractivity contribution is -0.108. The Balaban J connectivity index is 1.65. The van der Waals surface area contributed by atoms with Crippen molar-refractivity contribution in [3.63, 3.8) is 0 Å². The number of benzene rings is 1. The van der Waals surface area contributed by atoms with Crippen molar-refractivity contribution >= 4 is 11.6 Å². The molecule has 4 heteroatoms. The van der Waals surface area contributed by atoms with E-state index in [1.54, 1.807) is 0 Å². The van der Waals surface area contributed by atoms with Crippen molar-refractivity contribution in [2.75, 3.05) is 13.2 Å². The fraction of sp³-hybridized carbons (Fsp3) is 0.647. The molecule has 1 heterocycles. The molecule has 1 aromatic rings. The Kier molecular flexibility index (Phi) is 4.72. The summed E-state index contributed by atoms with van der Waals surface area (Å²) >= 11 is 6.34. The maximum Gasteiger partial charge on any atom is 0.138 e. The van der Waals surface area contributed by atoms with Crippen molar-refractivity contribution in [1.82, 2.24) is 0 Å². The molecule has 2 N–H and O–H groups in total. The first kappa shape index (κ1) is 15.1. The third-order valence-electron chi connectivity index (χ3n) is 4.69. The van der Waals surface area contributed by atoms with Gasteiger partial charge in [0.05, 0.1) is 17.2 Å². The van der Waals surface area contributed by atoms with Crippen LogP contribution in [0.5, 0.6) is 5.75 Å². The van der Waals surface area contributed by atoms with Gasteiger partial charge in [-0.1, -0.05) is 30.5 Å². The molecule has 1 saturated carbocycles. The largest absolute Gasteiger partial charge is 0.489 e. The second-order valence-electron chi connectivity index (χ2n) is 6.27. The first-order chi connectivity index (χ1) is 10.2. The molecular weight excluding hydrogens is 286 g/mol. The van der Waals surface area contributed by atoms with Gasteiger partial charge < -0.3 is 15.2 Å². The monoisotopic (exact) mass is 309 g/mol. The second-order valence-corrected chi connectivity index (χ2v) is 6.68. The molecule has 2 aliphatic rings. The van der Waals surface area contributed by atoms with Crippen molar-refractivity contribution in [3.05, 3.63) is 28.8 Å². The Morgan fingerprint density at radius 3 is 2.86 bits per heavy atom. The highest BCUT2D eigenvalue weighted by atomic mass is 35.5. The molecule has 1 atom stereocenters. The third-order valence-corrected chi connectivity index (χ3v) is 4.98. The minimum Gasteiger partial charge on any atom is -0.489 e. The van der Waals surface area contributed by atoms with Crippen LogP contribution in [-0.2, 0) is 11.2 Å². The Morgan fingerprint density at radius 2 is 2.14 bits per heavy atom. The Hall–Kier alpha value is -0.770. The van der Waals surface area contributed by atoms with E-state index in [2.05, 4.69) is 6.07 Å². The highest BCUT2D eigenvalue weighted by Crippen LogP contribution is 2.41. The predicted octanol–water partition coefficient (Wildman–Crippen LogP) is 3.71. The van der Waals surface area contributed by atoms with Gasteiger partial charge in [0, 0.05) is 12.8 Å². The molecule has 2 fully saturated rings. The van der Waals surface area contributed by atoms with Gasteiger partial charge >= 0.3 is 0 Å². The number of nitrogens with two attached hydrogens (primary N) is 1. The van der Waals surface area contributed by atoms with Crippen molar-refractivity contribution in [2.45, 2.75) is 56.7 Å². The van der Waals surface area contributed by atoms with E-state index in [0.29, 0.717) is 11.6 Å². The van der Waals surface area contributed by atoms with E-state index < -0.39 is 0 Å². The van der Waals surface area contributed by atoms with Crippen molar-refractivity contribution in [3.8, 4) is 5.75 Å². The maximum absolute atomic E-state index is 6.34. The fourth-order valence-corrected chi connectivity index (χ4v) is 3.84. The van der Waals surface area contributed by atoms with Crippen LogP contribution < -0.4 is 10.5 Å². The zero-order chi connectivity index (χ0) is 14.7. The predicted molar refractivity (Wildman–Crippen MR) is 85.0 cm³/mol. The first-order valence-electron chi connectivity index (χ1n) is 8.00. The number of hydrogen-bond donors (Lipinski definition) is 1. The molecular formula is C17H24ClNO2. The molecule has 1 aromatic carbocycles. The topological polar surface area (TPSA) is 44.5 Å². The molecule has 0 radical (unpaired) electrons. The smallest absolute Gasteiger partial charge is 0.138 e. The van der Waals surface area contributed by atoms with E-state index >= 15 is 0 Å². The van der Waals surface area contributed by atoms with Crippen LogP contribution in [0.15, 0.2) is 18.2 Å². The fourth-order valence-electron chi connectivity index (χ4n) is 3.59. The lowest BCUT2D eigenvalue weighted by atomic mass is 9.90. The summed E-state index contributed by atoms with van der Waals surface area (Å²) in [7, 11) is 0. The summed E-state index contributed by atoms with van der Waals surface area (Å²) in [4.78, 5) is 0. The third kappa shape index (κ3) is 3.53. The van der Waals surface area contributed by atoms with Crippen LogP contribution in [-0.4, -0.2) is 24.9 Å². The molecule has 1 aliphatic carbocycles. The maximum atomic E-state index is 6.34. The summed E-state index contributed by atoms with van der Waals surface area (Å²) in [5.41, 5.74) is 6.82. The highest BCUT2D eigenvalue weighted by Gasteiger charge is 2.40. The Morgan fingerprint density at radius 1 is 1.33 bits per heavy atom. The zero-order valence-electron chi connectivity index (χ0n) is 12.4. The Bertz CT molecular complexity index is 486. The average molecular weight is 310 g/mol. The molecule has 1 spiro atoms. The molecule has 1 saturated heterocycles. The average Bonchev–Trinajstić information content (AvgIpc) is 2.90. The van der Waals surface area contributed by atoms with E-state index in [-0.39, 0.29) is 11.7 Å². The Labute approximate surface area is 131 Å². The van der Waals surface area contributed by atoms with Crippen LogP contribution in [0.3, 0.4) is 0 Å². The molecule has 3 nitrogen and oxygen atoms in total. The van der Waals surface area contributed by atoms with E-state index in [1.165, 1.54) is 25.7 Å². The molecule has 1 unspecified atom stereocenters. The minimum atomic E-state index is 0.0783. The summed E-state index contributed by atoms with van der Waals surface area (Å²) < 4.78 is 12.2. The van der Waals surface area contributed by atoms with E-state index in [9.17, 15) is 0 Å². The number of ether oxygens (including phenoxy) is 2. The number of hydrogen-bond acceptors (Lipinski definition) is 3. The summed E-state index contributed by atoms with van der Waals surface area (Å²) in [5, 5.41) is 0.688. The standard InChI is InChI=1S/C17H24ClNO2/c18-15-11-13(5-9-19)3-4-16(15)21-14-6-10-20-17(12-14)7-1-2-8-17/h3-4,11,14H,1-2,5-10,12,19H2. The number of rotatable bonds is 4. The van der Waals surface area contributed by atoms with Gasteiger partial charge in [-0.15, -0.1) is 0 Å². The summed E-state index contributed by atoms with van der Waals surface area (Å²) in [5.74, 6) is 0.789. The first-order valence-corrected chi connectivity index (χ1v) is 8.38. The van der Waals surface area contributed by atoms with Crippen LogP contribution in [0, 0.1) is 0 Å². The van der Waals surface area contributed by atoms with Crippen molar-refractivity contribution in [1.29, 1.82) is 0 Å². The number of halogens is 1. The van der Waals surface area contributed by atoms with Crippen LogP contribution in [0.2, 0.25) is 5.02 Å². The van der Waals surface area contributed by atoms with Crippen molar-refractivity contribution < 1.29 is 9.47 Å². The van der Waals surface area contributed by atoms with E-state index in [0.717, 1.165) is 37.2 Å². The van der Waals surface area contributed by atoms with Gasteiger partial charge in [-0.05, 0) is 43.5 Å². The van der Waals surface area contributed by atoms with Gasteiger partial charge in [0.25, 0.3) is 0 Å². The second kappa shape index (κ2) is 6.55. The molecule has 0 aromatic heterocycles. The minimum absolute atomic E-state index is 0.0783. The van der Waals surface area contributed by atoms with E-state index in [4.69, 9.17) is 26.8 Å². The quantitative estimate of drug-likeness (QED) is 0.922. The van der Waals surface area contributed by atoms with Gasteiger partial charge in [0.15, 0.2) is 0 Å². The molecule has 21 heavy (non-hydrogen) atoms. The zero-order valence-corrected chi connectivity index (χ0v) is 13.2. The molecule has 116 valence electrons. The van der Waals surface area contributed by atoms with Gasteiger partial charge in [-0.25, -0.2) is 0 Å². The van der Waals surface area contributed by atoms with Crippen LogP contribution >= 0.6 is 11.6 Å². The van der Waals surface area contributed by atoms with Gasteiger partial charge in [-0.3, -0.25) is 0 Å². The van der Waals surface area contributed by atoms with Crippen LogP contribution in [0.1, 0.15) is 44.1 Å². The molecule has 0 amide bonds. The van der Waals surface area contributed by atoms with E-state index in [1.807, 2.05) is 12.1 Å². The van der Waals surface area contributed by atoms with Gasteiger partial charge in [-0.2, -0.15) is 0 Å². The molecule has 0 bridgehead atoms. The highest BCUT2D eigenvalue weighted by molar-refractivity contribution is 6.32. The van der Waals surface area contributed by atoms with Crippen molar-refractivity contribution in [2.24, 2.45) is 5.73 Å². The van der Waals surface area contributed by atoms with Crippen LogP contribution in [0.25, 0.3) is 0 Å². The van der Waals surface area contributed by atoms with Gasteiger partial charge in [0.2, 0.25) is 0 Å². The summed E-state index contributed by atoms with van der Waals surface area (Å²) in [6.07, 6.45) is 7.92. The lowest BCUT2D eigenvalue weighted by Crippen LogP contribution is -2.41.